The van der Waals surface area contributed by atoms with Gasteiger partial charge in [-0.1, -0.05) is 30.4 Å². The van der Waals surface area contributed by atoms with Gasteiger partial charge in [-0.15, -0.1) is 24.9 Å². The number of anilines is 1. The summed E-state index contributed by atoms with van der Waals surface area (Å²) in [5.74, 6) is -2.03. The Balaban J connectivity index is 1.74. The number of fused-ring (bicyclic) bond motifs is 1. The molecule has 1 spiro atoms. The highest BCUT2D eigenvalue weighted by Crippen LogP contribution is 2.66. The van der Waals surface area contributed by atoms with Gasteiger partial charge in [0, 0.05) is 24.0 Å². The van der Waals surface area contributed by atoms with Gasteiger partial charge >= 0.3 is 5.97 Å². The molecule has 0 aliphatic carbocycles. The lowest BCUT2D eigenvalue weighted by Gasteiger charge is -2.37. The van der Waals surface area contributed by atoms with Gasteiger partial charge in [0.2, 0.25) is 5.91 Å². The van der Waals surface area contributed by atoms with E-state index in [1.54, 1.807) is 28.8 Å². The van der Waals surface area contributed by atoms with Gasteiger partial charge in [0.1, 0.15) is 6.04 Å². The maximum Gasteiger partial charge on any atom is 0.310 e. The number of aliphatic hydroxyl groups is 1. The number of thioether (sulfide) groups is 1. The van der Waals surface area contributed by atoms with Crippen molar-refractivity contribution in [1.29, 1.82) is 0 Å². The summed E-state index contributed by atoms with van der Waals surface area (Å²) in [6.45, 7) is 11.8. The van der Waals surface area contributed by atoms with Crippen LogP contribution >= 0.6 is 11.8 Å². The fourth-order valence-corrected chi connectivity index (χ4v) is 8.39. The van der Waals surface area contributed by atoms with Gasteiger partial charge in [-0.05, 0) is 44.2 Å². The Bertz CT molecular complexity index is 1020. The van der Waals surface area contributed by atoms with Crippen molar-refractivity contribution in [3.8, 4) is 0 Å². The number of ether oxygens (including phenoxy) is 1. The van der Waals surface area contributed by atoms with E-state index >= 15 is 0 Å². The summed E-state index contributed by atoms with van der Waals surface area (Å²) in [7, 11) is 0. The monoisotopic (exact) mass is 498 g/mol. The quantitative estimate of drug-likeness (QED) is 0.303. The van der Waals surface area contributed by atoms with Crippen molar-refractivity contribution in [2.24, 2.45) is 11.8 Å². The van der Waals surface area contributed by atoms with Crippen LogP contribution in [0.25, 0.3) is 0 Å². The van der Waals surface area contributed by atoms with Crippen molar-refractivity contribution in [2.45, 2.75) is 49.1 Å². The van der Waals surface area contributed by atoms with E-state index in [1.807, 2.05) is 32.0 Å². The molecule has 2 bridgehead atoms. The van der Waals surface area contributed by atoms with Gasteiger partial charge in [-0.2, -0.15) is 0 Å². The summed E-state index contributed by atoms with van der Waals surface area (Å²) in [5, 5.41) is 9.74. The average Bonchev–Trinajstić information content (AvgIpc) is 3.46. The maximum atomic E-state index is 14.3. The molecule has 0 saturated carbocycles. The van der Waals surface area contributed by atoms with Crippen LogP contribution in [0.15, 0.2) is 43.5 Å². The largest absolute Gasteiger partial charge is 0.465 e. The van der Waals surface area contributed by atoms with Crippen molar-refractivity contribution in [2.75, 3.05) is 31.2 Å². The van der Waals surface area contributed by atoms with E-state index in [-0.39, 0.29) is 42.8 Å². The van der Waals surface area contributed by atoms with Crippen LogP contribution < -0.4 is 4.90 Å². The molecule has 3 fully saturated rings. The van der Waals surface area contributed by atoms with Crippen molar-refractivity contribution in [1.82, 2.24) is 4.90 Å². The minimum absolute atomic E-state index is 0.0473. The van der Waals surface area contributed by atoms with Crippen molar-refractivity contribution < 1.29 is 24.2 Å². The predicted molar refractivity (Wildman–Crippen MR) is 137 cm³/mol. The molecule has 1 aromatic carbocycles. The van der Waals surface area contributed by atoms with E-state index in [9.17, 15) is 19.5 Å². The zero-order valence-corrected chi connectivity index (χ0v) is 21.3. The number of aryl methyl sites for hydroxylation is 2. The molecular formula is C27H34N2O5S. The van der Waals surface area contributed by atoms with Gasteiger partial charge in [0.25, 0.3) is 5.91 Å². The second-order valence-electron chi connectivity index (χ2n) is 9.53. The van der Waals surface area contributed by atoms with Gasteiger partial charge in [0.05, 0.1) is 29.8 Å². The van der Waals surface area contributed by atoms with E-state index in [4.69, 9.17) is 4.74 Å². The van der Waals surface area contributed by atoms with Crippen LogP contribution in [0.1, 0.15) is 30.4 Å². The third-order valence-corrected chi connectivity index (χ3v) is 9.45. The Labute approximate surface area is 211 Å². The van der Waals surface area contributed by atoms with Gasteiger partial charge < -0.3 is 19.6 Å². The Morgan fingerprint density at radius 1 is 1.29 bits per heavy atom. The Kier molecular flexibility index (Phi) is 7.43. The van der Waals surface area contributed by atoms with Crippen LogP contribution in [0, 0.1) is 25.7 Å². The molecule has 3 saturated heterocycles. The molecule has 2 amide bonds. The third-order valence-electron chi connectivity index (χ3n) is 7.50. The first-order valence-electron chi connectivity index (χ1n) is 12.2. The highest BCUT2D eigenvalue weighted by atomic mass is 32.2. The SMILES string of the molecule is C=CCCOC(=O)[C@@H]1[C@H]2C(=O)N(CCO)C(C(=O)N(CC=C)c3c(C)cccc3C)C23CC[C@H]1S3. The molecule has 188 valence electrons. The number of β-amino-alcohol motifs (C(OH)–C–C–N with tert-alkyl or cyclic N) is 1. The summed E-state index contributed by atoms with van der Waals surface area (Å²) in [5.41, 5.74) is 2.73. The molecule has 4 rings (SSSR count). The molecule has 8 heteroatoms. The summed E-state index contributed by atoms with van der Waals surface area (Å²) in [4.78, 5) is 44.4. The number of hydrogen-bond donors (Lipinski definition) is 1. The van der Waals surface area contributed by atoms with Crippen molar-refractivity contribution in [3.05, 3.63) is 54.6 Å². The summed E-state index contributed by atoms with van der Waals surface area (Å²) < 4.78 is 4.78. The lowest BCUT2D eigenvalue weighted by atomic mass is 9.71. The zero-order chi connectivity index (χ0) is 25.3. The van der Waals surface area contributed by atoms with E-state index < -0.39 is 22.6 Å². The number of hydrogen-bond acceptors (Lipinski definition) is 6. The van der Waals surface area contributed by atoms with Crippen LogP contribution in [0.3, 0.4) is 0 Å². The van der Waals surface area contributed by atoms with Gasteiger partial charge in [-0.25, -0.2) is 0 Å². The van der Waals surface area contributed by atoms with Crippen LogP contribution in [0.2, 0.25) is 0 Å². The number of rotatable bonds is 10. The number of para-hydroxylation sites is 1. The number of amides is 2. The molecule has 35 heavy (non-hydrogen) atoms. The zero-order valence-electron chi connectivity index (χ0n) is 20.4. The molecule has 3 aliphatic heterocycles. The average molecular weight is 499 g/mol. The number of benzene rings is 1. The highest BCUT2D eigenvalue weighted by Gasteiger charge is 2.74. The molecule has 1 N–H and O–H groups in total. The molecule has 1 aromatic rings. The fraction of sp³-hybridized carbons (Fsp3) is 0.519. The third kappa shape index (κ3) is 4.10. The van der Waals surface area contributed by atoms with Crippen molar-refractivity contribution >= 4 is 35.2 Å². The van der Waals surface area contributed by atoms with E-state index in [2.05, 4.69) is 13.2 Å². The van der Waals surface area contributed by atoms with Crippen LogP contribution in [-0.4, -0.2) is 70.1 Å². The van der Waals surface area contributed by atoms with Crippen LogP contribution in [0.5, 0.6) is 0 Å². The standard InChI is InChI=1S/C27H34N2O5S/c1-5-7-16-34-26(33)20-19-11-12-27(35-19)21(20)24(31)29(14-15-30)23(27)25(32)28(13-6-2)22-17(3)9-8-10-18(22)4/h5-6,8-10,19-21,23,30H,1-2,7,11-16H2,3-4H3/t19-,20+,21+,23?,27?/m1/s1. The molecular weight excluding hydrogens is 464 g/mol. The number of likely N-dealkylation sites (tertiary alicyclic amines) is 1. The van der Waals surface area contributed by atoms with E-state index in [0.717, 1.165) is 23.2 Å². The molecule has 3 aliphatic rings. The lowest BCUT2D eigenvalue weighted by Crippen LogP contribution is -2.55. The Morgan fingerprint density at radius 3 is 2.63 bits per heavy atom. The van der Waals surface area contributed by atoms with Crippen molar-refractivity contribution in [3.63, 3.8) is 0 Å². The fourth-order valence-electron chi connectivity index (χ4n) is 6.19. The smallest absolute Gasteiger partial charge is 0.310 e. The summed E-state index contributed by atoms with van der Waals surface area (Å²) in [6.07, 6.45) is 5.33. The summed E-state index contributed by atoms with van der Waals surface area (Å²) in [6, 6.07) is 5.10. The Morgan fingerprint density at radius 2 is 2.00 bits per heavy atom. The van der Waals surface area contributed by atoms with E-state index in [0.29, 0.717) is 19.4 Å². The molecule has 0 aromatic heterocycles. The first kappa shape index (κ1) is 25.5. The number of carbonyl (C=O) groups is 3. The molecule has 2 unspecified atom stereocenters. The number of esters is 1. The second-order valence-corrected chi connectivity index (χ2v) is 11.1. The first-order valence-corrected chi connectivity index (χ1v) is 13.1. The number of nitrogens with zero attached hydrogens (tertiary/aromatic N) is 2. The van der Waals surface area contributed by atoms with Crippen LogP contribution in [0.4, 0.5) is 5.69 Å². The summed E-state index contributed by atoms with van der Waals surface area (Å²) >= 11 is 1.60. The van der Waals surface area contributed by atoms with Gasteiger partial charge in [0.15, 0.2) is 0 Å². The minimum Gasteiger partial charge on any atom is -0.465 e. The topological polar surface area (TPSA) is 87.1 Å². The predicted octanol–water partition coefficient (Wildman–Crippen LogP) is 3.03. The first-order chi connectivity index (χ1) is 16.8. The normalized spacial score (nSPS) is 28.7. The number of aliphatic hydroxyl groups excluding tert-OH is 1. The minimum atomic E-state index is -0.771. The number of carbonyl (C=O) groups excluding carboxylic acids is 3. The molecule has 7 nitrogen and oxygen atoms in total. The maximum absolute atomic E-state index is 14.3. The lowest BCUT2D eigenvalue weighted by molar-refractivity contribution is -0.154. The van der Waals surface area contributed by atoms with E-state index in [1.165, 1.54) is 4.90 Å². The second kappa shape index (κ2) is 10.2. The molecule has 0 radical (unpaired) electrons. The Hall–Kier alpha value is -2.58. The molecule has 5 atom stereocenters. The highest BCUT2D eigenvalue weighted by molar-refractivity contribution is 8.02. The van der Waals surface area contributed by atoms with Crippen LogP contribution in [-0.2, 0) is 19.1 Å². The van der Waals surface area contributed by atoms with Gasteiger partial charge in [-0.3, -0.25) is 14.4 Å². The molecule has 3 heterocycles.